The van der Waals surface area contributed by atoms with E-state index in [-0.39, 0.29) is 18.4 Å². The van der Waals surface area contributed by atoms with Crippen LogP contribution >= 0.6 is 0 Å². The fraction of sp³-hybridized carbons (Fsp3) is 0.909. The number of nitrogens with zero attached hydrogens (tertiary/aromatic N) is 1. The van der Waals surface area contributed by atoms with Gasteiger partial charge in [0, 0.05) is 25.6 Å². The lowest BCUT2D eigenvalue weighted by Gasteiger charge is -2.20. The molecular weight excluding hydrogens is 178 g/mol. The summed E-state index contributed by atoms with van der Waals surface area (Å²) in [5, 5.41) is 8.80. The van der Waals surface area contributed by atoms with Gasteiger partial charge in [-0.05, 0) is 25.2 Å². The van der Waals surface area contributed by atoms with Crippen LogP contribution in [-0.4, -0.2) is 35.6 Å². The first-order valence-corrected chi connectivity index (χ1v) is 5.58. The van der Waals surface area contributed by atoms with Crippen molar-refractivity contribution in [2.45, 2.75) is 33.1 Å². The van der Waals surface area contributed by atoms with Gasteiger partial charge in [0.2, 0.25) is 5.91 Å². The third-order valence-corrected chi connectivity index (χ3v) is 3.17. The molecule has 0 aliphatic carbocycles. The molecule has 3 heteroatoms. The Bertz CT molecular complexity index is 194. The molecule has 1 N–H and O–H groups in total. The predicted octanol–water partition coefficient (Wildman–Crippen LogP) is 1.26. The Hall–Kier alpha value is -0.570. The molecular formula is C11H21NO2. The Morgan fingerprint density at radius 2 is 2.36 bits per heavy atom. The number of hydrogen-bond acceptors (Lipinski definition) is 2. The van der Waals surface area contributed by atoms with Crippen LogP contribution < -0.4 is 0 Å². The number of rotatable bonds is 4. The zero-order valence-electron chi connectivity index (χ0n) is 9.20. The van der Waals surface area contributed by atoms with E-state index in [1.54, 1.807) is 0 Å². The Labute approximate surface area is 86.1 Å². The van der Waals surface area contributed by atoms with Crippen molar-refractivity contribution in [3.8, 4) is 0 Å². The molecule has 1 aliphatic heterocycles. The second-order valence-electron chi connectivity index (χ2n) is 4.26. The highest BCUT2D eigenvalue weighted by Crippen LogP contribution is 2.21. The molecule has 1 aliphatic rings. The van der Waals surface area contributed by atoms with E-state index >= 15 is 0 Å². The van der Waals surface area contributed by atoms with E-state index in [1.807, 2.05) is 18.7 Å². The standard InChI is InChI=1S/C11H21NO2/c1-3-9(2)11(14)12-6-4-10(8-12)5-7-13/h9-10,13H,3-8H2,1-2H3. The van der Waals surface area contributed by atoms with Gasteiger partial charge >= 0.3 is 0 Å². The largest absolute Gasteiger partial charge is 0.396 e. The molecule has 2 unspecified atom stereocenters. The molecule has 0 aromatic carbocycles. The van der Waals surface area contributed by atoms with Crippen molar-refractivity contribution in [1.29, 1.82) is 0 Å². The summed E-state index contributed by atoms with van der Waals surface area (Å²) in [7, 11) is 0. The molecule has 1 rings (SSSR count). The summed E-state index contributed by atoms with van der Waals surface area (Å²) in [6.45, 7) is 6.01. The van der Waals surface area contributed by atoms with Gasteiger partial charge in [0.25, 0.3) is 0 Å². The van der Waals surface area contributed by atoms with Gasteiger partial charge in [0.05, 0.1) is 0 Å². The maximum Gasteiger partial charge on any atom is 0.225 e. The third kappa shape index (κ3) is 2.71. The number of aliphatic hydroxyl groups is 1. The van der Waals surface area contributed by atoms with Crippen molar-refractivity contribution >= 4 is 5.91 Å². The first-order chi connectivity index (χ1) is 6.69. The quantitative estimate of drug-likeness (QED) is 0.740. The molecule has 0 radical (unpaired) electrons. The van der Waals surface area contributed by atoms with Crippen LogP contribution in [0.3, 0.4) is 0 Å². The van der Waals surface area contributed by atoms with E-state index in [2.05, 4.69) is 0 Å². The number of carbonyl (C=O) groups is 1. The number of carbonyl (C=O) groups excluding carboxylic acids is 1. The van der Waals surface area contributed by atoms with Crippen LogP contribution in [-0.2, 0) is 4.79 Å². The number of aliphatic hydroxyl groups excluding tert-OH is 1. The van der Waals surface area contributed by atoms with Gasteiger partial charge in [0.15, 0.2) is 0 Å². The lowest BCUT2D eigenvalue weighted by atomic mass is 10.1. The van der Waals surface area contributed by atoms with E-state index in [4.69, 9.17) is 5.11 Å². The minimum Gasteiger partial charge on any atom is -0.396 e. The minimum atomic E-state index is 0.155. The Morgan fingerprint density at radius 1 is 1.64 bits per heavy atom. The van der Waals surface area contributed by atoms with Gasteiger partial charge in [-0.25, -0.2) is 0 Å². The summed E-state index contributed by atoms with van der Waals surface area (Å²) in [6, 6.07) is 0. The summed E-state index contributed by atoms with van der Waals surface area (Å²) >= 11 is 0. The van der Waals surface area contributed by atoms with Gasteiger partial charge < -0.3 is 10.0 Å². The van der Waals surface area contributed by atoms with Gasteiger partial charge in [-0.2, -0.15) is 0 Å². The Balaban J connectivity index is 2.37. The molecule has 1 fully saturated rings. The Kier molecular flexibility index (Phi) is 4.39. The van der Waals surface area contributed by atoms with Gasteiger partial charge in [-0.3, -0.25) is 4.79 Å². The van der Waals surface area contributed by atoms with Crippen LogP contribution in [0.1, 0.15) is 33.1 Å². The van der Waals surface area contributed by atoms with E-state index in [0.717, 1.165) is 32.4 Å². The van der Waals surface area contributed by atoms with Crippen LogP contribution in [0.4, 0.5) is 0 Å². The third-order valence-electron chi connectivity index (χ3n) is 3.17. The lowest BCUT2D eigenvalue weighted by molar-refractivity contribution is -0.134. The van der Waals surface area contributed by atoms with Crippen LogP contribution in [0, 0.1) is 11.8 Å². The van der Waals surface area contributed by atoms with Crippen LogP contribution in [0.5, 0.6) is 0 Å². The molecule has 0 bridgehead atoms. The molecule has 0 aromatic heterocycles. The fourth-order valence-corrected chi connectivity index (χ4v) is 1.94. The average molecular weight is 199 g/mol. The molecule has 0 spiro atoms. The van der Waals surface area contributed by atoms with Crippen LogP contribution in [0.2, 0.25) is 0 Å². The van der Waals surface area contributed by atoms with E-state index in [1.165, 1.54) is 0 Å². The Morgan fingerprint density at radius 3 is 2.93 bits per heavy atom. The molecule has 82 valence electrons. The molecule has 1 saturated heterocycles. The summed E-state index contributed by atoms with van der Waals surface area (Å²) in [5.74, 6) is 0.962. The summed E-state index contributed by atoms with van der Waals surface area (Å²) < 4.78 is 0. The first kappa shape index (κ1) is 11.5. The second-order valence-corrected chi connectivity index (χ2v) is 4.26. The molecule has 1 amide bonds. The SMILES string of the molecule is CCC(C)C(=O)N1CCC(CCO)C1. The zero-order valence-corrected chi connectivity index (χ0v) is 9.20. The van der Waals surface area contributed by atoms with Gasteiger partial charge in [-0.15, -0.1) is 0 Å². The highest BCUT2D eigenvalue weighted by Gasteiger charge is 2.27. The van der Waals surface area contributed by atoms with Crippen molar-refractivity contribution in [1.82, 2.24) is 4.90 Å². The van der Waals surface area contributed by atoms with Crippen molar-refractivity contribution in [2.24, 2.45) is 11.8 Å². The van der Waals surface area contributed by atoms with Gasteiger partial charge in [-0.1, -0.05) is 13.8 Å². The monoisotopic (exact) mass is 199 g/mol. The maximum atomic E-state index is 11.8. The highest BCUT2D eigenvalue weighted by molar-refractivity contribution is 5.78. The van der Waals surface area contributed by atoms with Crippen LogP contribution in [0.15, 0.2) is 0 Å². The summed E-state index contributed by atoms with van der Waals surface area (Å²) in [6.07, 6.45) is 2.81. The van der Waals surface area contributed by atoms with Crippen molar-refractivity contribution in [3.63, 3.8) is 0 Å². The normalized spacial score (nSPS) is 23.9. The molecule has 14 heavy (non-hydrogen) atoms. The summed E-state index contributed by atoms with van der Waals surface area (Å²) in [5.41, 5.74) is 0. The number of hydrogen-bond donors (Lipinski definition) is 1. The smallest absolute Gasteiger partial charge is 0.225 e. The lowest BCUT2D eigenvalue weighted by Crippen LogP contribution is -2.33. The second kappa shape index (κ2) is 5.35. The van der Waals surface area contributed by atoms with Crippen molar-refractivity contribution in [3.05, 3.63) is 0 Å². The highest BCUT2D eigenvalue weighted by atomic mass is 16.3. The van der Waals surface area contributed by atoms with E-state index in [0.29, 0.717) is 5.92 Å². The van der Waals surface area contributed by atoms with Crippen molar-refractivity contribution in [2.75, 3.05) is 19.7 Å². The molecule has 0 saturated carbocycles. The average Bonchev–Trinajstić information content (AvgIpc) is 2.64. The van der Waals surface area contributed by atoms with Crippen LogP contribution in [0.25, 0.3) is 0 Å². The topological polar surface area (TPSA) is 40.5 Å². The molecule has 1 heterocycles. The molecule has 0 aromatic rings. The van der Waals surface area contributed by atoms with Gasteiger partial charge in [0.1, 0.15) is 0 Å². The number of likely N-dealkylation sites (tertiary alicyclic amines) is 1. The van der Waals surface area contributed by atoms with E-state index in [9.17, 15) is 4.79 Å². The van der Waals surface area contributed by atoms with Crippen molar-refractivity contribution < 1.29 is 9.90 Å². The zero-order chi connectivity index (χ0) is 10.6. The fourth-order valence-electron chi connectivity index (χ4n) is 1.94. The minimum absolute atomic E-state index is 0.155. The van der Waals surface area contributed by atoms with E-state index < -0.39 is 0 Å². The maximum absolute atomic E-state index is 11.8. The molecule has 3 nitrogen and oxygen atoms in total. The summed E-state index contributed by atoms with van der Waals surface area (Å²) in [4.78, 5) is 13.7. The molecule has 2 atom stereocenters. The predicted molar refractivity (Wildman–Crippen MR) is 55.8 cm³/mol. The first-order valence-electron chi connectivity index (χ1n) is 5.58. The number of amides is 1.